The summed E-state index contributed by atoms with van der Waals surface area (Å²) >= 11 is 0. The number of hydrogen-bond donors (Lipinski definition) is 1. The topological polar surface area (TPSA) is 115 Å². The Morgan fingerprint density at radius 3 is 2.04 bits per heavy atom. The monoisotopic (exact) mass is 927 g/mol. The molecule has 0 unspecified atom stereocenters. The van der Waals surface area contributed by atoms with Crippen LogP contribution < -0.4 is 9.47 Å². The first kappa shape index (κ1) is 48.1. The number of benzene rings is 4. The molecule has 0 fully saturated rings. The molecule has 10 nitrogen and oxygen atoms in total. The van der Waals surface area contributed by atoms with Gasteiger partial charge < -0.3 is 23.5 Å². The van der Waals surface area contributed by atoms with Gasteiger partial charge in [-0.2, -0.15) is 0 Å². The summed E-state index contributed by atoms with van der Waals surface area (Å²) in [5.74, 6) is -2.52. The number of aliphatic hydroxyl groups is 1. The van der Waals surface area contributed by atoms with Crippen LogP contribution in [0.1, 0.15) is 107 Å². The third-order valence-corrected chi connectivity index (χ3v) is 19.0. The third kappa shape index (κ3) is 9.05. The van der Waals surface area contributed by atoms with E-state index in [1.54, 1.807) is 0 Å². The minimum atomic E-state index is -2.97. The molecule has 67 heavy (non-hydrogen) atoms. The molecule has 0 saturated heterocycles. The average molecular weight is 928 g/mol. The molecule has 12 heteroatoms. The largest absolute Gasteiger partial charge is 0.508 e. The zero-order valence-corrected chi connectivity index (χ0v) is 41.7. The summed E-state index contributed by atoms with van der Waals surface area (Å²) in [5.41, 5.74) is 2.43. The molecular formula is C55H66FN3O7Si. The van der Waals surface area contributed by atoms with Crippen molar-refractivity contribution in [3.63, 3.8) is 0 Å². The van der Waals surface area contributed by atoms with Crippen LogP contribution in [0.5, 0.6) is 11.6 Å². The highest BCUT2D eigenvalue weighted by Crippen LogP contribution is 2.60. The third-order valence-electron chi connectivity index (χ3n) is 14.5. The van der Waals surface area contributed by atoms with Gasteiger partial charge in [0.25, 0.3) is 5.88 Å². The molecule has 0 aliphatic heterocycles. The average Bonchev–Trinajstić information content (AvgIpc) is 3.71. The van der Waals surface area contributed by atoms with Gasteiger partial charge in [0, 0.05) is 42.3 Å². The van der Waals surface area contributed by atoms with Gasteiger partial charge in [0.15, 0.2) is 25.5 Å². The maximum Gasteiger partial charge on any atom is 0.265 e. The number of carbonyl (C=O) groups excluding carboxylic acids is 2. The first-order valence-corrected chi connectivity index (χ1v) is 26.6. The number of allylic oxidation sites excluding steroid dienone is 1. The molecule has 4 aromatic carbocycles. The van der Waals surface area contributed by atoms with E-state index in [4.69, 9.17) is 18.4 Å². The van der Waals surface area contributed by atoms with E-state index in [2.05, 4.69) is 56.8 Å². The van der Waals surface area contributed by atoms with Crippen molar-refractivity contribution in [2.24, 2.45) is 17.8 Å². The maximum atomic E-state index is 17.8. The number of nitrogens with zero attached hydrogens (tertiary/aromatic N) is 3. The van der Waals surface area contributed by atoms with Crippen LogP contribution in [0.4, 0.5) is 4.39 Å². The van der Waals surface area contributed by atoms with Gasteiger partial charge in [0.1, 0.15) is 36.1 Å². The Balaban J connectivity index is 1.29. The Morgan fingerprint density at radius 2 is 1.48 bits per heavy atom. The lowest BCUT2D eigenvalue weighted by atomic mass is 9.58. The van der Waals surface area contributed by atoms with Crippen LogP contribution in [0, 0.1) is 30.5 Å². The van der Waals surface area contributed by atoms with Crippen molar-refractivity contribution in [2.75, 3.05) is 27.2 Å². The van der Waals surface area contributed by atoms with Gasteiger partial charge in [-0.1, -0.05) is 126 Å². The Hall–Kier alpha value is -5.40. The molecule has 4 atom stereocenters. The van der Waals surface area contributed by atoms with Crippen molar-refractivity contribution in [1.29, 1.82) is 0 Å². The Bertz CT molecular complexity index is 2640. The quantitative estimate of drug-likeness (QED) is 0.0959. The highest BCUT2D eigenvalue weighted by molar-refractivity contribution is 6.74. The Kier molecular flexibility index (Phi) is 13.6. The number of aliphatic hydroxyl groups excluding tert-OH is 1. The molecule has 1 heterocycles. The second-order valence-electron chi connectivity index (χ2n) is 20.9. The van der Waals surface area contributed by atoms with Crippen LogP contribution in [0.3, 0.4) is 0 Å². The summed E-state index contributed by atoms with van der Waals surface area (Å²) in [6, 6.07) is 28.9. The molecule has 5 aromatic rings. The number of Topliss-reactive ketones (excluding diaryl/α,β-unsaturated/α-hetero) is 2. The predicted molar refractivity (Wildman–Crippen MR) is 261 cm³/mol. The highest BCUT2D eigenvalue weighted by Gasteiger charge is 2.67. The normalized spacial score (nSPS) is 20.5. The summed E-state index contributed by atoms with van der Waals surface area (Å²) in [5, 5.41) is 17.2. The van der Waals surface area contributed by atoms with E-state index in [-0.39, 0.29) is 59.9 Å². The second-order valence-corrected chi connectivity index (χ2v) is 25.6. The number of fused-ring (bicyclic) bond motifs is 4. The summed E-state index contributed by atoms with van der Waals surface area (Å²) in [4.78, 5) is 35.7. The van der Waals surface area contributed by atoms with E-state index in [9.17, 15) is 5.11 Å². The van der Waals surface area contributed by atoms with Crippen molar-refractivity contribution in [3.05, 3.63) is 158 Å². The lowest BCUT2D eigenvalue weighted by molar-refractivity contribution is -0.0481. The zero-order valence-electron chi connectivity index (χ0n) is 40.7. The summed E-state index contributed by atoms with van der Waals surface area (Å²) < 4.78 is 44.2. The van der Waals surface area contributed by atoms with E-state index < -0.39 is 60.0 Å². The smallest absolute Gasteiger partial charge is 0.265 e. The fourth-order valence-electron chi connectivity index (χ4n) is 10.2. The highest BCUT2D eigenvalue weighted by atomic mass is 28.4. The van der Waals surface area contributed by atoms with Gasteiger partial charge in [-0.05, 0) is 97.7 Å². The lowest BCUT2D eigenvalue weighted by Crippen LogP contribution is -2.65. The van der Waals surface area contributed by atoms with Crippen LogP contribution >= 0.6 is 0 Å². The summed E-state index contributed by atoms with van der Waals surface area (Å²) in [7, 11) is 0.807. The van der Waals surface area contributed by atoms with E-state index in [1.807, 2.05) is 118 Å². The van der Waals surface area contributed by atoms with Gasteiger partial charge >= 0.3 is 0 Å². The first-order chi connectivity index (χ1) is 31.8. The molecule has 0 amide bonds. The van der Waals surface area contributed by atoms with Crippen molar-refractivity contribution >= 4 is 19.9 Å². The van der Waals surface area contributed by atoms with Crippen molar-refractivity contribution in [1.82, 2.24) is 15.0 Å². The number of halogens is 1. The predicted octanol–water partition coefficient (Wildman–Crippen LogP) is 11.4. The molecule has 8 rings (SSSR count). The second kappa shape index (κ2) is 18.9. The van der Waals surface area contributed by atoms with Gasteiger partial charge in [0.05, 0.1) is 11.6 Å². The van der Waals surface area contributed by atoms with Crippen molar-refractivity contribution in [3.8, 4) is 11.6 Å². The van der Waals surface area contributed by atoms with Crippen molar-refractivity contribution in [2.45, 2.75) is 110 Å². The van der Waals surface area contributed by atoms with Crippen molar-refractivity contribution < 1.29 is 37.5 Å². The number of rotatable bonds is 16. The molecule has 3 aliphatic carbocycles. The minimum Gasteiger partial charge on any atom is -0.508 e. The van der Waals surface area contributed by atoms with Crippen LogP contribution in [0.25, 0.3) is 0 Å². The van der Waals surface area contributed by atoms with E-state index in [1.165, 1.54) is 5.56 Å². The molecule has 0 radical (unpaired) electrons. The minimum absolute atomic E-state index is 0.00954. The molecule has 3 aliphatic rings. The Labute approximate surface area is 396 Å². The van der Waals surface area contributed by atoms with Gasteiger partial charge in [-0.15, -0.1) is 0 Å². The zero-order chi connectivity index (χ0) is 48.0. The van der Waals surface area contributed by atoms with Crippen LogP contribution in [-0.2, 0) is 37.0 Å². The molecule has 354 valence electrons. The summed E-state index contributed by atoms with van der Waals surface area (Å²) in [6.45, 7) is 18.5. The maximum absolute atomic E-state index is 17.8. The number of ether oxygens (including phenoxy) is 2. The molecule has 1 aromatic heterocycles. The van der Waals surface area contributed by atoms with E-state index in [0.717, 1.165) is 24.1 Å². The fourth-order valence-corrected chi connectivity index (χ4v) is 11.7. The molecule has 0 saturated carbocycles. The molecule has 0 bridgehead atoms. The van der Waals surface area contributed by atoms with E-state index >= 15 is 14.0 Å². The standard InChI is InChI=1S/C55H66FN3O7Si/c1-34(2)30-59(27-26-36-20-14-11-15-21-36)31-41-35(3)49(63-32-37-22-16-12-17-23-37)44-40(46(41)56)28-39-29-42-47(58(7)8)50-45(53(57-65-50)64-33-38-24-18-13-19-25-38)52(62)55(42,51(61)43(39)48(44)60)66-67(9,10)54(4,5)6/h11-25,34,39,42,47,61H,26-33H2,1-10H3/t39-,42-,47-,55-/m0/s1. The number of ketones is 2. The van der Waals surface area contributed by atoms with Gasteiger partial charge in [0.2, 0.25) is 5.78 Å². The number of carbonyl (C=O) groups is 2. The molecular weight excluding hydrogens is 862 g/mol. The van der Waals surface area contributed by atoms with Gasteiger partial charge in [-0.3, -0.25) is 19.4 Å². The van der Waals surface area contributed by atoms with Crippen LogP contribution in [0.2, 0.25) is 18.1 Å². The van der Waals surface area contributed by atoms with Crippen LogP contribution in [0.15, 0.2) is 107 Å². The first-order valence-electron chi connectivity index (χ1n) is 23.7. The number of aromatic nitrogens is 1. The van der Waals surface area contributed by atoms with Crippen LogP contribution in [-0.4, -0.2) is 72.7 Å². The lowest BCUT2D eigenvalue weighted by Gasteiger charge is -2.55. The number of hydrogen-bond acceptors (Lipinski definition) is 10. The molecule has 1 N–H and O–H groups in total. The molecule has 0 spiro atoms. The Morgan fingerprint density at radius 1 is 0.896 bits per heavy atom. The summed E-state index contributed by atoms with van der Waals surface area (Å²) in [6.07, 6.45) is 1.11. The SMILES string of the molecule is Cc1c(CN(CCc2ccccc2)CC(C)C)c(F)c2c(c1OCc1ccccc1)C(=O)C1=C(O)[C@]3(O[Si](C)(C)C(C)(C)C)C(=O)c4c(OCc5ccccc5)noc4[C@@H](N(C)C)[C@@H]3C[C@@H]1C2. The van der Waals surface area contributed by atoms with Gasteiger partial charge in [-0.25, -0.2) is 4.39 Å². The fraction of sp³-hybridized carbons (Fsp3) is 0.436. The van der Waals surface area contributed by atoms with E-state index in [0.29, 0.717) is 35.9 Å².